The summed E-state index contributed by atoms with van der Waals surface area (Å²) in [6.45, 7) is 0. The van der Waals surface area contributed by atoms with E-state index in [1.165, 1.54) is 10.5 Å². The van der Waals surface area contributed by atoms with Crippen molar-refractivity contribution in [2.75, 3.05) is 4.90 Å². The molecular formula is C28H20BrClN2OS. The molecule has 0 unspecified atom stereocenters. The van der Waals surface area contributed by atoms with Crippen LogP contribution in [0.15, 0.2) is 118 Å². The van der Waals surface area contributed by atoms with Crippen molar-refractivity contribution in [2.45, 2.75) is 22.3 Å². The molecule has 0 bridgehead atoms. The van der Waals surface area contributed by atoms with Crippen LogP contribution in [0.3, 0.4) is 0 Å². The van der Waals surface area contributed by atoms with Gasteiger partial charge >= 0.3 is 0 Å². The quantitative estimate of drug-likeness (QED) is 0.257. The second-order valence-electron chi connectivity index (χ2n) is 8.34. The standard InChI is InChI=1S/C28H20BrClN2OS/c29-22-12-6-9-20(16-22)27-31-33-28(21-10-2-1-3-11-21)18-26(19-8-7-13-23(30)17-19)34-25-15-5-4-14-24(25)32(27)28/h1-17,26H,18H2/t26-,28-/m0/s1. The van der Waals surface area contributed by atoms with Crippen LogP contribution in [0.5, 0.6) is 0 Å². The van der Waals surface area contributed by atoms with E-state index in [4.69, 9.17) is 21.6 Å². The molecule has 0 fully saturated rings. The fourth-order valence-corrected chi connectivity index (χ4v) is 6.63. The van der Waals surface area contributed by atoms with E-state index in [9.17, 15) is 0 Å². The Morgan fingerprint density at radius 2 is 1.71 bits per heavy atom. The van der Waals surface area contributed by atoms with Crippen molar-refractivity contribution in [1.82, 2.24) is 0 Å². The van der Waals surface area contributed by atoms with Gasteiger partial charge in [-0.1, -0.05) is 99.4 Å². The van der Waals surface area contributed by atoms with Gasteiger partial charge in [0.2, 0.25) is 5.72 Å². The van der Waals surface area contributed by atoms with Crippen molar-refractivity contribution in [3.63, 3.8) is 0 Å². The fraction of sp³-hybridized carbons (Fsp3) is 0.107. The lowest BCUT2D eigenvalue weighted by atomic mass is 9.92. The van der Waals surface area contributed by atoms with Gasteiger partial charge in [0.25, 0.3) is 0 Å². The topological polar surface area (TPSA) is 24.8 Å². The lowest BCUT2D eigenvalue weighted by Gasteiger charge is -2.37. The highest BCUT2D eigenvalue weighted by atomic mass is 79.9. The van der Waals surface area contributed by atoms with Gasteiger partial charge in [-0.15, -0.1) is 11.8 Å². The van der Waals surface area contributed by atoms with Crippen LogP contribution < -0.4 is 4.90 Å². The molecule has 0 aromatic heterocycles. The van der Waals surface area contributed by atoms with Gasteiger partial charge in [-0.05, 0) is 42.0 Å². The number of para-hydroxylation sites is 1. The molecule has 0 radical (unpaired) electrons. The molecule has 6 heteroatoms. The van der Waals surface area contributed by atoms with Crippen LogP contribution in [0.25, 0.3) is 0 Å². The zero-order chi connectivity index (χ0) is 23.1. The Balaban J connectivity index is 1.58. The third-order valence-electron chi connectivity index (χ3n) is 6.22. The Morgan fingerprint density at radius 1 is 0.912 bits per heavy atom. The van der Waals surface area contributed by atoms with Crippen molar-refractivity contribution >= 4 is 50.8 Å². The number of amidine groups is 1. The van der Waals surface area contributed by atoms with E-state index >= 15 is 0 Å². The zero-order valence-electron chi connectivity index (χ0n) is 18.1. The van der Waals surface area contributed by atoms with Crippen LogP contribution in [-0.2, 0) is 10.6 Å². The van der Waals surface area contributed by atoms with E-state index in [1.54, 1.807) is 0 Å². The summed E-state index contributed by atoms with van der Waals surface area (Å²) >= 11 is 11.9. The van der Waals surface area contributed by atoms with Crippen molar-refractivity contribution in [3.05, 3.63) is 129 Å². The third-order valence-corrected chi connectivity index (χ3v) is 8.27. The number of thioether (sulfide) groups is 1. The van der Waals surface area contributed by atoms with Crippen LogP contribution in [0, 0.1) is 0 Å². The van der Waals surface area contributed by atoms with E-state index in [2.05, 4.69) is 93.6 Å². The molecule has 0 saturated carbocycles. The minimum Gasteiger partial charge on any atom is -0.360 e. The van der Waals surface area contributed by atoms with E-state index < -0.39 is 5.72 Å². The molecule has 0 N–H and O–H groups in total. The van der Waals surface area contributed by atoms with Gasteiger partial charge in [0.05, 0.1) is 5.69 Å². The lowest BCUT2D eigenvalue weighted by Crippen LogP contribution is -2.47. The predicted octanol–water partition coefficient (Wildman–Crippen LogP) is 8.39. The number of rotatable bonds is 3. The van der Waals surface area contributed by atoms with Gasteiger partial charge in [-0.2, -0.15) is 0 Å². The Morgan fingerprint density at radius 3 is 2.53 bits per heavy atom. The first-order valence-electron chi connectivity index (χ1n) is 11.0. The molecule has 4 aromatic carbocycles. The minimum absolute atomic E-state index is 0.113. The molecule has 2 heterocycles. The smallest absolute Gasteiger partial charge is 0.242 e. The maximum Gasteiger partial charge on any atom is 0.242 e. The Bertz CT molecular complexity index is 1400. The fourth-order valence-electron chi connectivity index (χ4n) is 4.70. The molecule has 0 amide bonds. The maximum absolute atomic E-state index is 6.51. The number of anilines is 1. The minimum atomic E-state index is -0.800. The third kappa shape index (κ3) is 3.72. The summed E-state index contributed by atoms with van der Waals surface area (Å²) in [5.74, 6) is 0.796. The van der Waals surface area contributed by atoms with Crippen molar-refractivity contribution in [2.24, 2.45) is 5.16 Å². The predicted molar refractivity (Wildman–Crippen MR) is 143 cm³/mol. The second kappa shape index (κ2) is 8.81. The van der Waals surface area contributed by atoms with Gasteiger partial charge < -0.3 is 4.84 Å². The monoisotopic (exact) mass is 546 g/mol. The first kappa shape index (κ1) is 21.8. The normalized spacial score (nSPS) is 21.2. The maximum atomic E-state index is 6.51. The van der Waals surface area contributed by atoms with E-state index in [-0.39, 0.29) is 5.25 Å². The first-order valence-corrected chi connectivity index (χ1v) is 13.1. The summed E-state index contributed by atoms with van der Waals surface area (Å²) in [7, 11) is 0. The second-order valence-corrected chi connectivity index (χ2v) is 10.9. The van der Waals surface area contributed by atoms with Gasteiger partial charge in [-0.25, -0.2) is 0 Å². The van der Waals surface area contributed by atoms with Crippen LogP contribution in [0.1, 0.15) is 28.4 Å². The van der Waals surface area contributed by atoms with Crippen molar-refractivity contribution < 1.29 is 4.84 Å². The SMILES string of the molecule is Clc1cccc([C@@H]2C[C@@]3(c4ccccc4)ON=C(c4cccc(Br)c4)N3c3ccccc3S2)c1. The molecule has 6 rings (SSSR count). The summed E-state index contributed by atoms with van der Waals surface area (Å²) in [5.41, 5.74) is 3.51. The molecule has 0 aliphatic carbocycles. The zero-order valence-corrected chi connectivity index (χ0v) is 21.2. The number of nitrogens with zero attached hydrogens (tertiary/aromatic N) is 2. The van der Waals surface area contributed by atoms with Gasteiger partial charge in [0.15, 0.2) is 5.84 Å². The molecule has 168 valence electrons. The highest BCUT2D eigenvalue weighted by Gasteiger charge is 2.52. The van der Waals surface area contributed by atoms with Crippen molar-refractivity contribution in [3.8, 4) is 0 Å². The summed E-state index contributed by atoms with van der Waals surface area (Å²) < 4.78 is 0.999. The molecule has 34 heavy (non-hydrogen) atoms. The van der Waals surface area contributed by atoms with Crippen LogP contribution in [0.4, 0.5) is 5.69 Å². The molecule has 0 spiro atoms. The van der Waals surface area contributed by atoms with E-state index in [0.29, 0.717) is 6.42 Å². The average Bonchev–Trinajstić information content (AvgIpc) is 3.17. The number of oxime groups is 1. The molecule has 0 saturated heterocycles. The molecule has 4 aromatic rings. The summed E-state index contributed by atoms with van der Waals surface area (Å²) in [6.07, 6.45) is 0.692. The molecule has 2 aliphatic heterocycles. The van der Waals surface area contributed by atoms with Crippen LogP contribution >= 0.6 is 39.3 Å². The Labute approximate surface area is 216 Å². The van der Waals surface area contributed by atoms with Gasteiger partial charge in [0.1, 0.15) is 0 Å². The highest BCUT2D eigenvalue weighted by molar-refractivity contribution is 9.10. The van der Waals surface area contributed by atoms with Crippen LogP contribution in [-0.4, -0.2) is 5.84 Å². The number of fused-ring (bicyclic) bond motifs is 3. The number of benzene rings is 4. The van der Waals surface area contributed by atoms with Gasteiger partial charge in [0, 0.05) is 37.2 Å². The van der Waals surface area contributed by atoms with Gasteiger partial charge in [-0.3, -0.25) is 4.90 Å². The van der Waals surface area contributed by atoms with Crippen LogP contribution in [0.2, 0.25) is 5.02 Å². The largest absolute Gasteiger partial charge is 0.360 e. The number of hydrogen-bond acceptors (Lipinski definition) is 4. The average molecular weight is 548 g/mol. The number of hydrogen-bond donors (Lipinski definition) is 0. The molecule has 3 nitrogen and oxygen atoms in total. The van der Waals surface area contributed by atoms with Crippen molar-refractivity contribution in [1.29, 1.82) is 0 Å². The summed E-state index contributed by atoms with van der Waals surface area (Å²) in [6, 6.07) is 35.2. The highest BCUT2D eigenvalue weighted by Crippen LogP contribution is 2.56. The van der Waals surface area contributed by atoms with E-state index in [1.807, 2.05) is 42.1 Å². The number of halogens is 2. The summed E-state index contributed by atoms with van der Waals surface area (Å²) in [5, 5.41) is 5.56. The van der Waals surface area contributed by atoms with E-state index in [0.717, 1.165) is 32.1 Å². The Hall–Kier alpha value is -2.73. The molecule has 2 atom stereocenters. The Kier molecular flexibility index (Phi) is 5.64. The summed E-state index contributed by atoms with van der Waals surface area (Å²) in [4.78, 5) is 9.96. The first-order chi connectivity index (χ1) is 16.6. The molecule has 2 aliphatic rings. The lowest BCUT2D eigenvalue weighted by molar-refractivity contribution is -0.0283. The molecular weight excluding hydrogens is 528 g/mol.